The molecule has 3 nitrogen and oxygen atoms in total. The van der Waals surface area contributed by atoms with E-state index in [1.807, 2.05) is 6.07 Å². The highest BCUT2D eigenvalue weighted by atomic mass is 32.1. The average molecular weight is 343 g/mol. The van der Waals surface area contributed by atoms with Gasteiger partial charge in [0.1, 0.15) is 12.4 Å². The van der Waals surface area contributed by atoms with Crippen LogP contribution in [0.1, 0.15) is 29.2 Å². The van der Waals surface area contributed by atoms with Crippen molar-refractivity contribution in [3.8, 4) is 5.75 Å². The molecule has 1 atom stereocenters. The lowest BCUT2D eigenvalue weighted by Crippen LogP contribution is -2.39. The Balaban J connectivity index is 1.83. The Hall–Kier alpha value is -2.07. The normalized spacial score (nSPS) is 11.7. The van der Waals surface area contributed by atoms with Crippen molar-refractivity contribution in [2.45, 2.75) is 40.7 Å². The first kappa shape index (κ1) is 18.3. The fraction of sp³-hybridized carbons (Fsp3) is 0.350. The maximum absolute atomic E-state index is 5.84. The SMILES string of the molecule is Cc1cc(C)cc(NC(=S)NC(C)COc2ccc(C)c(C)c2)c1. The van der Waals surface area contributed by atoms with Crippen LogP contribution in [0.4, 0.5) is 5.69 Å². The van der Waals surface area contributed by atoms with Crippen LogP contribution in [0.2, 0.25) is 0 Å². The fourth-order valence-electron chi connectivity index (χ4n) is 2.50. The molecule has 0 radical (unpaired) electrons. The summed E-state index contributed by atoms with van der Waals surface area (Å²) >= 11 is 5.39. The smallest absolute Gasteiger partial charge is 0.171 e. The Morgan fingerprint density at radius 1 is 1.00 bits per heavy atom. The van der Waals surface area contributed by atoms with Crippen LogP contribution in [0.3, 0.4) is 0 Å². The summed E-state index contributed by atoms with van der Waals surface area (Å²) in [6.07, 6.45) is 0. The second-order valence-corrected chi connectivity index (χ2v) is 6.84. The van der Waals surface area contributed by atoms with E-state index in [-0.39, 0.29) is 6.04 Å². The first-order valence-electron chi connectivity index (χ1n) is 8.19. The zero-order valence-corrected chi connectivity index (χ0v) is 15.9. The van der Waals surface area contributed by atoms with Gasteiger partial charge in [-0.15, -0.1) is 0 Å². The third-order valence-corrected chi connectivity index (χ3v) is 4.06. The third-order valence-electron chi connectivity index (χ3n) is 3.84. The van der Waals surface area contributed by atoms with Gasteiger partial charge in [-0.2, -0.15) is 0 Å². The number of anilines is 1. The first-order chi connectivity index (χ1) is 11.3. The maximum atomic E-state index is 5.84. The minimum absolute atomic E-state index is 0.109. The number of hydrogen-bond donors (Lipinski definition) is 2. The predicted octanol–water partition coefficient (Wildman–Crippen LogP) is 4.67. The van der Waals surface area contributed by atoms with E-state index in [0.29, 0.717) is 11.7 Å². The third kappa shape index (κ3) is 5.53. The molecule has 1 unspecified atom stereocenters. The van der Waals surface area contributed by atoms with Gasteiger partial charge in [-0.3, -0.25) is 0 Å². The molecule has 2 rings (SSSR count). The summed E-state index contributed by atoms with van der Waals surface area (Å²) in [4.78, 5) is 0. The van der Waals surface area contributed by atoms with Crippen LogP contribution in [0.5, 0.6) is 5.75 Å². The number of rotatable bonds is 5. The van der Waals surface area contributed by atoms with Gasteiger partial charge in [0.05, 0.1) is 6.04 Å². The Bertz CT molecular complexity index is 707. The van der Waals surface area contributed by atoms with Gasteiger partial charge in [0, 0.05) is 5.69 Å². The van der Waals surface area contributed by atoms with Crippen LogP contribution in [0.15, 0.2) is 36.4 Å². The van der Waals surface area contributed by atoms with Crippen molar-refractivity contribution in [1.82, 2.24) is 5.32 Å². The van der Waals surface area contributed by atoms with Crippen molar-refractivity contribution < 1.29 is 4.74 Å². The number of ether oxygens (including phenoxy) is 1. The molecule has 0 aliphatic rings. The van der Waals surface area contributed by atoms with Gasteiger partial charge in [-0.1, -0.05) is 12.1 Å². The summed E-state index contributed by atoms with van der Waals surface area (Å²) in [5, 5.41) is 7.10. The van der Waals surface area contributed by atoms with E-state index in [4.69, 9.17) is 17.0 Å². The van der Waals surface area contributed by atoms with E-state index in [1.54, 1.807) is 0 Å². The molecule has 0 heterocycles. The Morgan fingerprint density at radius 2 is 1.67 bits per heavy atom. The summed E-state index contributed by atoms with van der Waals surface area (Å²) in [7, 11) is 0. The van der Waals surface area contributed by atoms with Gasteiger partial charge in [0.25, 0.3) is 0 Å². The van der Waals surface area contributed by atoms with Gasteiger partial charge in [0.2, 0.25) is 0 Å². The molecular weight excluding hydrogens is 316 g/mol. The van der Waals surface area contributed by atoms with Crippen LogP contribution in [0, 0.1) is 27.7 Å². The van der Waals surface area contributed by atoms with Crippen LogP contribution < -0.4 is 15.4 Å². The van der Waals surface area contributed by atoms with Crippen molar-refractivity contribution in [2.24, 2.45) is 0 Å². The second-order valence-electron chi connectivity index (χ2n) is 6.43. The van der Waals surface area contributed by atoms with E-state index in [2.05, 4.69) is 75.6 Å². The van der Waals surface area contributed by atoms with E-state index < -0.39 is 0 Å². The lowest BCUT2D eigenvalue weighted by Gasteiger charge is -2.18. The number of benzene rings is 2. The molecule has 0 amide bonds. The van der Waals surface area contributed by atoms with E-state index in [9.17, 15) is 0 Å². The minimum atomic E-state index is 0.109. The summed E-state index contributed by atoms with van der Waals surface area (Å²) < 4.78 is 5.84. The van der Waals surface area contributed by atoms with E-state index >= 15 is 0 Å². The molecule has 0 bridgehead atoms. The van der Waals surface area contributed by atoms with Crippen molar-refractivity contribution >= 4 is 23.0 Å². The Kier molecular flexibility index (Phi) is 6.21. The standard InChI is InChI=1S/C20H26N2OS/c1-13-8-14(2)10-18(9-13)22-20(24)21-17(5)12-23-19-7-6-15(3)16(4)11-19/h6-11,17H,12H2,1-5H3,(H2,21,22,24). The molecule has 0 saturated carbocycles. The van der Waals surface area contributed by atoms with Crippen LogP contribution in [-0.2, 0) is 0 Å². The summed E-state index contributed by atoms with van der Waals surface area (Å²) in [5.74, 6) is 0.889. The van der Waals surface area contributed by atoms with E-state index in [0.717, 1.165) is 11.4 Å². The molecule has 0 aliphatic heterocycles. The monoisotopic (exact) mass is 342 g/mol. The van der Waals surface area contributed by atoms with Crippen LogP contribution in [0.25, 0.3) is 0 Å². The minimum Gasteiger partial charge on any atom is -0.491 e. The Morgan fingerprint density at radius 3 is 2.29 bits per heavy atom. The predicted molar refractivity (Wildman–Crippen MR) is 106 cm³/mol. The summed E-state index contributed by atoms with van der Waals surface area (Å²) in [6.45, 7) is 10.9. The molecule has 0 aliphatic carbocycles. The van der Waals surface area contributed by atoms with Crippen LogP contribution >= 0.6 is 12.2 Å². The van der Waals surface area contributed by atoms with Crippen LogP contribution in [-0.4, -0.2) is 17.8 Å². The number of hydrogen-bond acceptors (Lipinski definition) is 2. The molecule has 0 aromatic heterocycles. The molecule has 128 valence electrons. The number of aryl methyl sites for hydroxylation is 4. The molecule has 2 aromatic rings. The van der Waals surface area contributed by atoms with Gasteiger partial charge in [-0.05, 0) is 93.4 Å². The summed E-state index contributed by atoms with van der Waals surface area (Å²) in [5.41, 5.74) is 5.94. The molecule has 0 fully saturated rings. The molecular formula is C20H26N2OS. The number of thiocarbonyl (C=S) groups is 1. The van der Waals surface area contributed by atoms with Crippen molar-refractivity contribution in [1.29, 1.82) is 0 Å². The number of nitrogens with one attached hydrogen (secondary N) is 2. The van der Waals surface area contributed by atoms with Gasteiger partial charge >= 0.3 is 0 Å². The highest BCUT2D eigenvalue weighted by Crippen LogP contribution is 2.17. The molecule has 24 heavy (non-hydrogen) atoms. The molecule has 2 aromatic carbocycles. The van der Waals surface area contributed by atoms with E-state index in [1.165, 1.54) is 22.3 Å². The topological polar surface area (TPSA) is 33.3 Å². The summed E-state index contributed by atoms with van der Waals surface area (Å²) in [6, 6.07) is 12.6. The molecule has 4 heteroatoms. The lowest BCUT2D eigenvalue weighted by atomic mass is 10.1. The Labute approximate surface area is 150 Å². The maximum Gasteiger partial charge on any atom is 0.171 e. The van der Waals surface area contributed by atoms with Gasteiger partial charge in [0.15, 0.2) is 5.11 Å². The first-order valence-corrected chi connectivity index (χ1v) is 8.60. The zero-order valence-electron chi connectivity index (χ0n) is 15.1. The highest BCUT2D eigenvalue weighted by molar-refractivity contribution is 7.80. The second kappa shape index (κ2) is 8.15. The molecule has 0 saturated heterocycles. The fourth-order valence-corrected chi connectivity index (χ4v) is 2.82. The highest BCUT2D eigenvalue weighted by Gasteiger charge is 2.07. The largest absolute Gasteiger partial charge is 0.491 e. The average Bonchev–Trinajstić information content (AvgIpc) is 2.47. The molecule has 2 N–H and O–H groups in total. The quantitative estimate of drug-likeness (QED) is 0.773. The van der Waals surface area contributed by atoms with Crippen molar-refractivity contribution in [3.05, 3.63) is 58.7 Å². The van der Waals surface area contributed by atoms with Crippen molar-refractivity contribution in [2.75, 3.05) is 11.9 Å². The van der Waals surface area contributed by atoms with Gasteiger partial charge in [-0.25, -0.2) is 0 Å². The zero-order chi connectivity index (χ0) is 17.7. The molecule has 0 spiro atoms. The van der Waals surface area contributed by atoms with Gasteiger partial charge < -0.3 is 15.4 Å². The lowest BCUT2D eigenvalue weighted by molar-refractivity contribution is 0.287. The van der Waals surface area contributed by atoms with Crippen molar-refractivity contribution in [3.63, 3.8) is 0 Å².